The second-order valence-electron chi connectivity index (χ2n) is 4.66. The lowest BCUT2D eigenvalue weighted by molar-refractivity contribution is 0.0904. The van der Waals surface area contributed by atoms with Crippen molar-refractivity contribution < 1.29 is 13.9 Å². The van der Waals surface area contributed by atoms with Crippen LogP contribution in [0.2, 0.25) is 0 Å². The number of hydrogen-bond donors (Lipinski definition) is 1. The summed E-state index contributed by atoms with van der Waals surface area (Å²) >= 11 is 0. The second-order valence-corrected chi connectivity index (χ2v) is 4.66. The minimum atomic E-state index is -0.468. The zero-order valence-electron chi connectivity index (χ0n) is 10.5. The average molecular weight is 251 g/mol. The predicted molar refractivity (Wildman–Crippen MR) is 67.1 cm³/mol. The lowest BCUT2D eigenvalue weighted by atomic mass is 10.1. The van der Waals surface area contributed by atoms with Crippen molar-refractivity contribution in [2.45, 2.75) is 32.3 Å². The SMILES string of the molecule is Cc1ccc(C(=O)NCCC2CCCO2)c(F)c1. The first kappa shape index (κ1) is 13.0. The summed E-state index contributed by atoms with van der Waals surface area (Å²) in [4.78, 5) is 11.8. The van der Waals surface area contributed by atoms with E-state index >= 15 is 0 Å². The molecule has 1 aromatic rings. The summed E-state index contributed by atoms with van der Waals surface area (Å²) in [6.07, 6.45) is 3.17. The number of aryl methyl sites for hydroxylation is 1. The molecule has 1 aliphatic heterocycles. The number of nitrogens with one attached hydrogen (secondary N) is 1. The Morgan fingerprint density at radius 2 is 2.39 bits per heavy atom. The van der Waals surface area contributed by atoms with Gasteiger partial charge < -0.3 is 10.1 Å². The van der Waals surface area contributed by atoms with Crippen LogP contribution >= 0.6 is 0 Å². The Labute approximate surface area is 106 Å². The van der Waals surface area contributed by atoms with Crippen LogP contribution in [-0.2, 0) is 4.74 Å². The Kier molecular flexibility index (Phi) is 4.31. The highest BCUT2D eigenvalue weighted by atomic mass is 19.1. The van der Waals surface area contributed by atoms with Crippen molar-refractivity contribution >= 4 is 5.91 Å². The molecule has 1 unspecified atom stereocenters. The van der Waals surface area contributed by atoms with Gasteiger partial charge in [-0.1, -0.05) is 6.07 Å². The molecule has 1 aromatic carbocycles. The van der Waals surface area contributed by atoms with Gasteiger partial charge in [0.15, 0.2) is 0 Å². The lowest BCUT2D eigenvalue weighted by Crippen LogP contribution is -2.27. The Hall–Kier alpha value is -1.42. The fourth-order valence-electron chi connectivity index (χ4n) is 2.12. The Morgan fingerprint density at radius 3 is 3.06 bits per heavy atom. The molecule has 1 fully saturated rings. The van der Waals surface area contributed by atoms with Gasteiger partial charge >= 0.3 is 0 Å². The van der Waals surface area contributed by atoms with Crippen LogP contribution < -0.4 is 5.32 Å². The molecule has 1 aliphatic rings. The van der Waals surface area contributed by atoms with Crippen LogP contribution in [0.4, 0.5) is 4.39 Å². The van der Waals surface area contributed by atoms with E-state index in [0.717, 1.165) is 31.4 Å². The van der Waals surface area contributed by atoms with Gasteiger partial charge in [0.05, 0.1) is 11.7 Å². The van der Waals surface area contributed by atoms with E-state index in [9.17, 15) is 9.18 Å². The molecule has 0 radical (unpaired) electrons. The third-order valence-corrected chi connectivity index (χ3v) is 3.15. The van der Waals surface area contributed by atoms with E-state index in [0.29, 0.717) is 6.54 Å². The van der Waals surface area contributed by atoms with Gasteiger partial charge in [-0.3, -0.25) is 4.79 Å². The number of rotatable bonds is 4. The van der Waals surface area contributed by atoms with Gasteiger partial charge in [0.25, 0.3) is 5.91 Å². The van der Waals surface area contributed by atoms with E-state index in [1.807, 2.05) is 0 Å². The number of halogens is 1. The molecular formula is C14H18FNO2. The highest BCUT2D eigenvalue weighted by Crippen LogP contribution is 2.14. The summed E-state index contributed by atoms with van der Waals surface area (Å²) in [6, 6.07) is 4.62. The van der Waals surface area contributed by atoms with Crippen molar-refractivity contribution in [3.05, 3.63) is 35.1 Å². The van der Waals surface area contributed by atoms with Gasteiger partial charge in [-0.05, 0) is 43.9 Å². The topological polar surface area (TPSA) is 38.3 Å². The Balaban J connectivity index is 1.83. The van der Waals surface area contributed by atoms with Crippen molar-refractivity contribution in [2.24, 2.45) is 0 Å². The molecule has 2 rings (SSSR count). The standard InChI is InChI=1S/C14H18FNO2/c1-10-4-5-12(13(15)9-10)14(17)16-7-6-11-3-2-8-18-11/h4-5,9,11H,2-3,6-8H2,1H3,(H,16,17). The summed E-state index contributed by atoms with van der Waals surface area (Å²) in [6.45, 7) is 3.13. The zero-order valence-corrected chi connectivity index (χ0v) is 10.5. The molecule has 1 atom stereocenters. The summed E-state index contributed by atoms with van der Waals surface area (Å²) in [5.74, 6) is -0.824. The molecule has 0 saturated carbocycles. The molecule has 1 saturated heterocycles. The van der Waals surface area contributed by atoms with E-state index < -0.39 is 5.82 Å². The maximum atomic E-state index is 13.5. The first-order valence-electron chi connectivity index (χ1n) is 6.33. The maximum Gasteiger partial charge on any atom is 0.254 e. The van der Waals surface area contributed by atoms with Gasteiger partial charge in [0, 0.05) is 13.2 Å². The molecule has 4 heteroatoms. The third-order valence-electron chi connectivity index (χ3n) is 3.15. The summed E-state index contributed by atoms with van der Waals surface area (Å²) in [7, 11) is 0. The van der Waals surface area contributed by atoms with E-state index in [1.54, 1.807) is 13.0 Å². The smallest absolute Gasteiger partial charge is 0.254 e. The van der Waals surface area contributed by atoms with Crippen LogP contribution in [0.5, 0.6) is 0 Å². The van der Waals surface area contributed by atoms with Gasteiger partial charge in [-0.15, -0.1) is 0 Å². The molecule has 1 amide bonds. The molecule has 0 aliphatic carbocycles. The molecule has 3 nitrogen and oxygen atoms in total. The van der Waals surface area contributed by atoms with Crippen LogP contribution in [0.1, 0.15) is 35.2 Å². The Bertz CT molecular complexity index is 428. The fraction of sp³-hybridized carbons (Fsp3) is 0.500. The number of ether oxygens (including phenoxy) is 1. The number of hydrogen-bond acceptors (Lipinski definition) is 2. The second kappa shape index (κ2) is 5.96. The molecule has 98 valence electrons. The summed E-state index contributed by atoms with van der Waals surface area (Å²) in [5.41, 5.74) is 0.913. The molecule has 0 spiro atoms. The molecule has 0 aromatic heterocycles. The Morgan fingerprint density at radius 1 is 1.56 bits per heavy atom. The average Bonchev–Trinajstić information content (AvgIpc) is 2.81. The molecule has 18 heavy (non-hydrogen) atoms. The van der Waals surface area contributed by atoms with Gasteiger partial charge in [-0.2, -0.15) is 0 Å². The van der Waals surface area contributed by atoms with Crippen molar-refractivity contribution in [1.29, 1.82) is 0 Å². The third kappa shape index (κ3) is 3.29. The predicted octanol–water partition coefficient (Wildman–Crippen LogP) is 2.43. The highest BCUT2D eigenvalue weighted by Gasteiger charge is 2.16. The van der Waals surface area contributed by atoms with Crippen LogP contribution in [0.25, 0.3) is 0 Å². The van der Waals surface area contributed by atoms with Crippen molar-refractivity contribution in [3.63, 3.8) is 0 Å². The number of amides is 1. The van der Waals surface area contributed by atoms with E-state index in [-0.39, 0.29) is 17.6 Å². The zero-order chi connectivity index (χ0) is 13.0. The van der Waals surface area contributed by atoms with Gasteiger partial charge in [0.2, 0.25) is 0 Å². The van der Waals surface area contributed by atoms with Crippen molar-refractivity contribution in [1.82, 2.24) is 5.32 Å². The van der Waals surface area contributed by atoms with Crippen molar-refractivity contribution in [2.75, 3.05) is 13.2 Å². The first-order valence-corrected chi connectivity index (χ1v) is 6.33. The van der Waals surface area contributed by atoms with Crippen molar-refractivity contribution in [3.8, 4) is 0 Å². The first-order chi connectivity index (χ1) is 8.66. The van der Waals surface area contributed by atoms with Crippen LogP contribution in [-0.4, -0.2) is 25.2 Å². The molecular weight excluding hydrogens is 233 g/mol. The fourth-order valence-corrected chi connectivity index (χ4v) is 2.12. The number of carbonyl (C=O) groups excluding carboxylic acids is 1. The molecule has 1 heterocycles. The van der Waals surface area contributed by atoms with Gasteiger partial charge in [-0.25, -0.2) is 4.39 Å². The van der Waals surface area contributed by atoms with E-state index in [4.69, 9.17) is 4.74 Å². The highest BCUT2D eigenvalue weighted by molar-refractivity contribution is 5.94. The van der Waals surface area contributed by atoms with Gasteiger partial charge in [0.1, 0.15) is 5.82 Å². The van der Waals surface area contributed by atoms with Crippen LogP contribution in [0.3, 0.4) is 0 Å². The quantitative estimate of drug-likeness (QED) is 0.892. The lowest BCUT2D eigenvalue weighted by Gasteiger charge is -2.10. The largest absolute Gasteiger partial charge is 0.378 e. The molecule has 1 N–H and O–H groups in total. The minimum Gasteiger partial charge on any atom is -0.378 e. The number of carbonyl (C=O) groups is 1. The minimum absolute atomic E-state index is 0.105. The monoisotopic (exact) mass is 251 g/mol. The normalized spacial score (nSPS) is 18.9. The van der Waals surface area contributed by atoms with Crippen LogP contribution in [0.15, 0.2) is 18.2 Å². The molecule has 0 bridgehead atoms. The van der Waals surface area contributed by atoms with E-state index in [1.165, 1.54) is 12.1 Å². The number of benzene rings is 1. The summed E-state index contributed by atoms with van der Waals surface area (Å²) < 4.78 is 19.0. The van der Waals surface area contributed by atoms with Crippen LogP contribution in [0, 0.1) is 12.7 Å². The summed E-state index contributed by atoms with van der Waals surface area (Å²) in [5, 5.41) is 2.73. The maximum absolute atomic E-state index is 13.5. The van der Waals surface area contributed by atoms with E-state index in [2.05, 4.69) is 5.32 Å².